The van der Waals surface area contributed by atoms with Crippen LogP contribution in [-0.4, -0.2) is 4.57 Å². The minimum absolute atomic E-state index is 0.921. The van der Waals surface area contributed by atoms with Crippen molar-refractivity contribution < 1.29 is 0 Å². The molecule has 0 aliphatic carbocycles. The second-order valence-corrected chi connectivity index (χ2v) is 11.4. The third-order valence-corrected chi connectivity index (χ3v) is 8.65. The van der Waals surface area contributed by atoms with Crippen LogP contribution in [0, 0.1) is 0 Å². The summed E-state index contributed by atoms with van der Waals surface area (Å²) in [5.41, 5.74) is 13.7. The van der Waals surface area contributed by atoms with Crippen molar-refractivity contribution in [2.45, 2.75) is 6.42 Å². The van der Waals surface area contributed by atoms with Gasteiger partial charge in [-0.15, -0.1) is 0 Å². The third kappa shape index (κ3) is 4.89. The quantitative estimate of drug-likeness (QED) is 0.190. The number of hydrogen-bond acceptors (Lipinski definition) is 0. The summed E-state index contributed by atoms with van der Waals surface area (Å²) in [5.74, 6) is 0. The Hall–Kier alpha value is -5.66. The topological polar surface area (TPSA) is 4.93 Å². The predicted octanol–water partition coefficient (Wildman–Crippen LogP) is 11.4. The average Bonchev–Trinajstić information content (AvgIpc) is 3.44. The molecule has 0 saturated carbocycles. The number of para-hydroxylation sites is 2. The van der Waals surface area contributed by atoms with Crippen LogP contribution >= 0.6 is 0 Å². The summed E-state index contributed by atoms with van der Waals surface area (Å²) in [4.78, 5) is 0. The summed E-state index contributed by atoms with van der Waals surface area (Å²) in [6.45, 7) is 0. The van der Waals surface area contributed by atoms with E-state index in [9.17, 15) is 0 Å². The van der Waals surface area contributed by atoms with Gasteiger partial charge in [0.2, 0.25) is 0 Å². The number of benzene rings is 7. The van der Waals surface area contributed by atoms with Crippen LogP contribution in [0.15, 0.2) is 176 Å². The van der Waals surface area contributed by atoms with Gasteiger partial charge in [0.1, 0.15) is 0 Å². The molecule has 1 heterocycles. The Kier molecular flexibility index (Phi) is 6.62. The van der Waals surface area contributed by atoms with Gasteiger partial charge in [-0.2, -0.15) is 0 Å². The number of nitrogens with zero attached hydrogens (tertiary/aromatic N) is 1. The molecule has 1 heteroatoms. The van der Waals surface area contributed by atoms with E-state index in [1.165, 1.54) is 72.0 Å². The Labute approximate surface area is 258 Å². The lowest BCUT2D eigenvalue weighted by atomic mass is 9.97. The van der Waals surface area contributed by atoms with Crippen LogP contribution in [0.2, 0.25) is 0 Å². The van der Waals surface area contributed by atoms with Gasteiger partial charge in [-0.3, -0.25) is 0 Å². The fourth-order valence-corrected chi connectivity index (χ4v) is 6.40. The Balaban J connectivity index is 1.00. The highest BCUT2D eigenvalue weighted by molar-refractivity contribution is 6.09. The molecule has 208 valence electrons. The minimum Gasteiger partial charge on any atom is -0.309 e. The van der Waals surface area contributed by atoms with Gasteiger partial charge >= 0.3 is 0 Å². The van der Waals surface area contributed by atoms with Crippen LogP contribution in [-0.2, 0) is 6.42 Å². The highest BCUT2D eigenvalue weighted by Gasteiger charge is 2.11. The summed E-state index contributed by atoms with van der Waals surface area (Å²) in [7, 11) is 0. The van der Waals surface area contributed by atoms with Crippen LogP contribution in [0.3, 0.4) is 0 Å². The second kappa shape index (κ2) is 11.2. The van der Waals surface area contributed by atoms with E-state index >= 15 is 0 Å². The number of fused-ring (bicyclic) bond motifs is 3. The van der Waals surface area contributed by atoms with Crippen LogP contribution < -0.4 is 0 Å². The fourth-order valence-electron chi connectivity index (χ4n) is 6.40. The molecule has 7 aromatic carbocycles. The zero-order valence-electron chi connectivity index (χ0n) is 24.4. The molecular formula is C43H31N. The van der Waals surface area contributed by atoms with Crippen molar-refractivity contribution in [2.75, 3.05) is 0 Å². The van der Waals surface area contributed by atoms with E-state index in [1.54, 1.807) is 0 Å². The molecule has 0 fully saturated rings. The molecule has 0 N–H and O–H groups in total. The van der Waals surface area contributed by atoms with Crippen LogP contribution in [0.1, 0.15) is 11.1 Å². The molecule has 0 bridgehead atoms. The number of aromatic nitrogens is 1. The monoisotopic (exact) mass is 561 g/mol. The normalized spacial score (nSPS) is 11.3. The molecule has 0 saturated heterocycles. The molecule has 0 unspecified atom stereocenters. The first-order valence-electron chi connectivity index (χ1n) is 15.2. The Morgan fingerprint density at radius 3 is 1.36 bits per heavy atom. The van der Waals surface area contributed by atoms with Gasteiger partial charge in [-0.1, -0.05) is 152 Å². The maximum atomic E-state index is 2.36. The van der Waals surface area contributed by atoms with Gasteiger partial charge in [0.15, 0.2) is 0 Å². The number of hydrogen-bond donors (Lipinski definition) is 0. The van der Waals surface area contributed by atoms with E-state index in [2.05, 4.69) is 180 Å². The maximum absolute atomic E-state index is 2.36. The predicted molar refractivity (Wildman–Crippen MR) is 186 cm³/mol. The highest BCUT2D eigenvalue weighted by atomic mass is 15.0. The molecule has 0 aliphatic rings. The summed E-state index contributed by atoms with van der Waals surface area (Å²) in [6, 6.07) is 63.6. The van der Waals surface area contributed by atoms with Gasteiger partial charge in [-0.25, -0.2) is 0 Å². The molecule has 0 spiro atoms. The van der Waals surface area contributed by atoms with Crippen molar-refractivity contribution in [1.29, 1.82) is 0 Å². The van der Waals surface area contributed by atoms with Crippen molar-refractivity contribution in [3.8, 4) is 39.1 Å². The van der Waals surface area contributed by atoms with E-state index in [0.717, 1.165) is 6.42 Å². The van der Waals surface area contributed by atoms with Crippen molar-refractivity contribution in [3.05, 3.63) is 187 Å². The fraction of sp³-hybridized carbons (Fsp3) is 0.0233. The van der Waals surface area contributed by atoms with Gasteiger partial charge in [-0.05, 0) is 75.2 Å². The first-order chi connectivity index (χ1) is 21.8. The van der Waals surface area contributed by atoms with E-state index in [0.29, 0.717) is 0 Å². The highest BCUT2D eigenvalue weighted by Crippen LogP contribution is 2.33. The van der Waals surface area contributed by atoms with Crippen molar-refractivity contribution in [1.82, 2.24) is 4.57 Å². The maximum Gasteiger partial charge on any atom is 0.0541 e. The molecule has 0 atom stereocenters. The smallest absolute Gasteiger partial charge is 0.0541 e. The van der Waals surface area contributed by atoms with Gasteiger partial charge in [0.25, 0.3) is 0 Å². The third-order valence-electron chi connectivity index (χ3n) is 8.65. The van der Waals surface area contributed by atoms with E-state index in [1.807, 2.05) is 0 Å². The van der Waals surface area contributed by atoms with E-state index < -0.39 is 0 Å². The van der Waals surface area contributed by atoms with Crippen molar-refractivity contribution in [3.63, 3.8) is 0 Å². The largest absolute Gasteiger partial charge is 0.309 e. The van der Waals surface area contributed by atoms with Gasteiger partial charge in [0, 0.05) is 16.5 Å². The lowest BCUT2D eigenvalue weighted by Gasteiger charge is -2.10. The van der Waals surface area contributed by atoms with Crippen LogP contribution in [0.25, 0.3) is 60.9 Å². The molecular weight excluding hydrogens is 530 g/mol. The Bertz CT molecular complexity index is 2150. The standard InChI is InChI=1S/C43H31N/c1-2-10-33(11-3-1)38-12-8-9-32(30-38)29-31-17-19-34(20-18-31)35-21-23-36(24-22-35)37-25-27-39(28-26-37)44-42-15-6-4-13-40(42)41-14-5-7-16-43(41)44/h1-28,30H,29H2. The molecule has 44 heavy (non-hydrogen) atoms. The van der Waals surface area contributed by atoms with E-state index in [-0.39, 0.29) is 0 Å². The van der Waals surface area contributed by atoms with Gasteiger partial charge < -0.3 is 4.57 Å². The zero-order chi connectivity index (χ0) is 29.3. The van der Waals surface area contributed by atoms with Crippen molar-refractivity contribution in [2.24, 2.45) is 0 Å². The van der Waals surface area contributed by atoms with E-state index in [4.69, 9.17) is 0 Å². The molecule has 8 aromatic rings. The first kappa shape index (κ1) is 26.0. The Morgan fingerprint density at radius 1 is 0.318 bits per heavy atom. The lowest BCUT2D eigenvalue weighted by molar-refractivity contribution is 1.18. The summed E-state index contributed by atoms with van der Waals surface area (Å²) >= 11 is 0. The molecule has 0 aliphatic heterocycles. The Morgan fingerprint density at radius 2 is 0.773 bits per heavy atom. The molecule has 0 amide bonds. The van der Waals surface area contributed by atoms with Gasteiger partial charge in [0.05, 0.1) is 11.0 Å². The molecule has 1 aromatic heterocycles. The SMILES string of the molecule is c1ccc(-c2cccc(Cc3ccc(-c4ccc(-c5ccc(-n6c7ccccc7c7ccccc76)cc5)cc4)cc3)c2)cc1. The average molecular weight is 562 g/mol. The van der Waals surface area contributed by atoms with Crippen LogP contribution in [0.4, 0.5) is 0 Å². The van der Waals surface area contributed by atoms with Crippen molar-refractivity contribution >= 4 is 21.8 Å². The zero-order valence-corrected chi connectivity index (χ0v) is 24.4. The summed E-state index contributed by atoms with van der Waals surface area (Å²) in [6.07, 6.45) is 0.921. The molecule has 0 radical (unpaired) electrons. The number of rotatable bonds is 6. The minimum atomic E-state index is 0.921. The second-order valence-electron chi connectivity index (χ2n) is 11.4. The summed E-state index contributed by atoms with van der Waals surface area (Å²) in [5, 5.41) is 2.57. The first-order valence-corrected chi connectivity index (χ1v) is 15.2. The molecule has 8 rings (SSSR count). The summed E-state index contributed by atoms with van der Waals surface area (Å²) < 4.78 is 2.36. The molecule has 1 nitrogen and oxygen atoms in total. The lowest BCUT2D eigenvalue weighted by Crippen LogP contribution is -1.93. The van der Waals surface area contributed by atoms with Crippen LogP contribution in [0.5, 0.6) is 0 Å².